The maximum Gasteiger partial charge on any atom is 0.242 e. The Kier molecular flexibility index (Phi) is 6.40. The maximum absolute atomic E-state index is 12.3. The lowest BCUT2D eigenvalue weighted by Crippen LogP contribution is -2.47. The van der Waals surface area contributed by atoms with Crippen molar-refractivity contribution in [2.75, 3.05) is 46.5 Å². The van der Waals surface area contributed by atoms with Crippen LogP contribution >= 0.6 is 0 Å². The van der Waals surface area contributed by atoms with Crippen LogP contribution in [0, 0.1) is 0 Å². The fraction of sp³-hybridized carbons (Fsp3) is 0.529. The van der Waals surface area contributed by atoms with Gasteiger partial charge in [0.15, 0.2) is 0 Å². The summed E-state index contributed by atoms with van der Waals surface area (Å²) in [5.74, 6) is 0.681. The molecule has 1 saturated heterocycles. The molecule has 0 radical (unpaired) electrons. The molecule has 6 nitrogen and oxygen atoms in total. The lowest BCUT2D eigenvalue weighted by Gasteiger charge is -2.29. The van der Waals surface area contributed by atoms with Crippen molar-refractivity contribution in [1.82, 2.24) is 9.80 Å². The van der Waals surface area contributed by atoms with Gasteiger partial charge < -0.3 is 19.3 Å². The summed E-state index contributed by atoms with van der Waals surface area (Å²) in [5, 5.41) is 0. The standard InChI is InChI=1S/C17H24N2O4/c1-14(20)19(13-17(21)18-9-11-23-12-10-18)8-7-15-5-3-4-6-16(15)22-2/h3-6H,7-13H2,1-2H3. The minimum absolute atomic E-state index is 0.0245. The Morgan fingerprint density at radius 1 is 1.26 bits per heavy atom. The van der Waals surface area contributed by atoms with Gasteiger partial charge in [-0.25, -0.2) is 0 Å². The number of hydrogen-bond acceptors (Lipinski definition) is 4. The number of amides is 2. The van der Waals surface area contributed by atoms with Crippen LogP contribution in [0.5, 0.6) is 5.75 Å². The van der Waals surface area contributed by atoms with Crippen LogP contribution in [0.2, 0.25) is 0 Å². The van der Waals surface area contributed by atoms with Gasteiger partial charge in [0.1, 0.15) is 5.75 Å². The van der Waals surface area contributed by atoms with Crippen LogP contribution in [0.25, 0.3) is 0 Å². The lowest BCUT2D eigenvalue weighted by atomic mass is 10.1. The number of carbonyl (C=O) groups excluding carboxylic acids is 2. The number of carbonyl (C=O) groups is 2. The third kappa shape index (κ3) is 4.96. The summed E-state index contributed by atoms with van der Waals surface area (Å²) in [6, 6.07) is 7.72. The molecule has 2 rings (SSSR count). The first-order chi connectivity index (χ1) is 11.1. The normalized spacial score (nSPS) is 14.4. The number of rotatable bonds is 6. The third-order valence-electron chi connectivity index (χ3n) is 3.98. The van der Waals surface area contributed by atoms with E-state index in [1.165, 1.54) is 6.92 Å². The van der Waals surface area contributed by atoms with E-state index in [-0.39, 0.29) is 18.4 Å². The van der Waals surface area contributed by atoms with Gasteiger partial charge in [0.2, 0.25) is 11.8 Å². The van der Waals surface area contributed by atoms with Gasteiger partial charge in [-0.1, -0.05) is 18.2 Å². The summed E-state index contributed by atoms with van der Waals surface area (Å²) in [6.07, 6.45) is 0.653. The highest BCUT2D eigenvalue weighted by atomic mass is 16.5. The average Bonchev–Trinajstić information content (AvgIpc) is 2.59. The van der Waals surface area contributed by atoms with Gasteiger partial charge in [0, 0.05) is 26.6 Å². The highest BCUT2D eigenvalue weighted by Crippen LogP contribution is 2.18. The van der Waals surface area contributed by atoms with Crippen molar-refractivity contribution in [1.29, 1.82) is 0 Å². The van der Waals surface area contributed by atoms with E-state index in [0.29, 0.717) is 39.3 Å². The number of morpholine rings is 1. The zero-order valence-corrected chi connectivity index (χ0v) is 13.8. The molecule has 0 N–H and O–H groups in total. The molecule has 23 heavy (non-hydrogen) atoms. The van der Waals surface area contributed by atoms with Crippen molar-refractivity contribution in [3.8, 4) is 5.75 Å². The molecule has 0 bridgehead atoms. The van der Waals surface area contributed by atoms with E-state index in [2.05, 4.69) is 0 Å². The number of nitrogens with zero attached hydrogens (tertiary/aromatic N) is 2. The molecular weight excluding hydrogens is 296 g/mol. The Bertz CT molecular complexity index is 541. The van der Waals surface area contributed by atoms with Crippen molar-refractivity contribution in [2.24, 2.45) is 0 Å². The Morgan fingerprint density at radius 3 is 2.61 bits per heavy atom. The molecule has 0 atom stereocenters. The molecule has 0 unspecified atom stereocenters. The summed E-state index contributed by atoms with van der Waals surface area (Å²) in [4.78, 5) is 27.5. The van der Waals surface area contributed by atoms with Gasteiger partial charge in [-0.15, -0.1) is 0 Å². The van der Waals surface area contributed by atoms with Crippen molar-refractivity contribution < 1.29 is 19.1 Å². The largest absolute Gasteiger partial charge is 0.496 e. The predicted octanol–water partition coefficient (Wildman–Crippen LogP) is 0.945. The molecule has 1 fully saturated rings. The Balaban J connectivity index is 1.93. The van der Waals surface area contributed by atoms with E-state index in [4.69, 9.17) is 9.47 Å². The Morgan fingerprint density at radius 2 is 1.96 bits per heavy atom. The Labute approximate surface area is 137 Å². The van der Waals surface area contributed by atoms with E-state index >= 15 is 0 Å². The van der Waals surface area contributed by atoms with Crippen molar-refractivity contribution in [2.45, 2.75) is 13.3 Å². The summed E-state index contributed by atoms with van der Waals surface area (Å²) in [6.45, 7) is 4.42. The third-order valence-corrected chi connectivity index (χ3v) is 3.98. The molecule has 1 aromatic carbocycles. The van der Waals surface area contributed by atoms with Gasteiger partial charge in [-0.3, -0.25) is 9.59 Å². The first-order valence-electron chi connectivity index (χ1n) is 7.84. The SMILES string of the molecule is COc1ccccc1CCN(CC(=O)N1CCOCC1)C(C)=O. The molecule has 1 aliphatic rings. The topological polar surface area (TPSA) is 59.1 Å². The van der Waals surface area contributed by atoms with Crippen LogP contribution in [-0.2, 0) is 20.7 Å². The molecule has 2 amide bonds. The van der Waals surface area contributed by atoms with Gasteiger partial charge in [-0.05, 0) is 18.1 Å². The fourth-order valence-electron chi connectivity index (χ4n) is 2.59. The minimum Gasteiger partial charge on any atom is -0.496 e. The first-order valence-corrected chi connectivity index (χ1v) is 7.84. The monoisotopic (exact) mass is 320 g/mol. The molecule has 0 aliphatic carbocycles. The number of hydrogen-bond donors (Lipinski definition) is 0. The number of methoxy groups -OCH3 is 1. The van der Waals surface area contributed by atoms with Crippen molar-refractivity contribution >= 4 is 11.8 Å². The smallest absolute Gasteiger partial charge is 0.242 e. The van der Waals surface area contributed by atoms with Gasteiger partial charge in [0.25, 0.3) is 0 Å². The predicted molar refractivity (Wildman–Crippen MR) is 86.4 cm³/mol. The summed E-state index contributed by atoms with van der Waals surface area (Å²) in [5.41, 5.74) is 1.03. The maximum atomic E-state index is 12.3. The molecule has 6 heteroatoms. The summed E-state index contributed by atoms with van der Waals surface area (Å²) >= 11 is 0. The lowest BCUT2D eigenvalue weighted by molar-refractivity contribution is -0.142. The van der Waals surface area contributed by atoms with E-state index in [1.807, 2.05) is 24.3 Å². The first kappa shape index (κ1) is 17.3. The van der Waals surface area contributed by atoms with E-state index < -0.39 is 0 Å². The van der Waals surface area contributed by atoms with Crippen LogP contribution < -0.4 is 4.74 Å². The van der Waals surface area contributed by atoms with Crippen LogP contribution in [-0.4, -0.2) is 68.1 Å². The second kappa shape index (κ2) is 8.53. The van der Waals surface area contributed by atoms with Crippen LogP contribution in [0.3, 0.4) is 0 Å². The number of benzene rings is 1. The van der Waals surface area contributed by atoms with E-state index in [0.717, 1.165) is 11.3 Å². The molecule has 0 spiro atoms. The summed E-state index contributed by atoms with van der Waals surface area (Å²) < 4.78 is 10.6. The highest BCUT2D eigenvalue weighted by molar-refractivity contribution is 5.83. The average molecular weight is 320 g/mol. The molecule has 126 valence electrons. The molecule has 1 heterocycles. The molecule has 1 aromatic rings. The van der Waals surface area contributed by atoms with Crippen molar-refractivity contribution in [3.05, 3.63) is 29.8 Å². The van der Waals surface area contributed by atoms with Gasteiger partial charge in [-0.2, -0.15) is 0 Å². The quantitative estimate of drug-likeness (QED) is 0.783. The molecule has 0 aromatic heterocycles. The fourth-order valence-corrected chi connectivity index (χ4v) is 2.59. The summed E-state index contributed by atoms with van der Waals surface area (Å²) in [7, 11) is 1.63. The number of ether oxygens (including phenoxy) is 2. The van der Waals surface area contributed by atoms with E-state index in [1.54, 1.807) is 16.9 Å². The van der Waals surface area contributed by atoms with Crippen LogP contribution in [0.15, 0.2) is 24.3 Å². The second-order valence-corrected chi connectivity index (χ2v) is 5.50. The van der Waals surface area contributed by atoms with Crippen LogP contribution in [0.4, 0.5) is 0 Å². The second-order valence-electron chi connectivity index (χ2n) is 5.50. The van der Waals surface area contributed by atoms with Crippen LogP contribution in [0.1, 0.15) is 12.5 Å². The Hall–Kier alpha value is -2.08. The molecular formula is C17H24N2O4. The highest BCUT2D eigenvalue weighted by Gasteiger charge is 2.21. The van der Waals surface area contributed by atoms with Gasteiger partial charge >= 0.3 is 0 Å². The minimum atomic E-state index is -0.0958. The van der Waals surface area contributed by atoms with Gasteiger partial charge in [0.05, 0.1) is 26.9 Å². The zero-order chi connectivity index (χ0) is 16.7. The van der Waals surface area contributed by atoms with E-state index in [9.17, 15) is 9.59 Å². The molecule has 0 saturated carbocycles. The van der Waals surface area contributed by atoms with Crippen molar-refractivity contribution in [3.63, 3.8) is 0 Å². The molecule has 1 aliphatic heterocycles. The number of para-hydroxylation sites is 1. The zero-order valence-electron chi connectivity index (χ0n) is 13.8.